The largest absolute Gasteiger partial charge is 0.481 e. The third kappa shape index (κ3) is 4.92. The molecule has 1 aliphatic heterocycles. The van der Waals surface area contributed by atoms with Gasteiger partial charge < -0.3 is 19.0 Å². The van der Waals surface area contributed by atoms with Crippen LogP contribution >= 0.6 is 0 Å². The van der Waals surface area contributed by atoms with E-state index in [2.05, 4.69) is 0 Å². The van der Waals surface area contributed by atoms with Crippen molar-refractivity contribution in [2.24, 2.45) is 5.92 Å². The highest BCUT2D eigenvalue weighted by atomic mass is 16.5. The lowest BCUT2D eigenvalue weighted by molar-refractivity contribution is -0.143. The molecule has 7 nitrogen and oxygen atoms in total. The van der Waals surface area contributed by atoms with Gasteiger partial charge in [-0.05, 0) is 43.0 Å². The van der Waals surface area contributed by atoms with Crippen molar-refractivity contribution in [1.29, 1.82) is 0 Å². The minimum absolute atomic E-state index is 0.0415. The van der Waals surface area contributed by atoms with Crippen molar-refractivity contribution in [1.82, 2.24) is 9.80 Å². The van der Waals surface area contributed by atoms with E-state index in [-0.39, 0.29) is 17.7 Å². The Balaban J connectivity index is 1.52. The van der Waals surface area contributed by atoms with E-state index in [4.69, 9.17) is 9.15 Å². The molecule has 2 atom stereocenters. The standard InChI is InChI=1S/C26H28N2O5/c1-17(25(30)28-13-7-10-19(16-28)26(31)27(2)3)32-20-11-12-21-22(18-8-5-4-6-9-18)15-24(29)33-23(21)14-20/h4-6,8-9,11-12,14-15,17,19H,7,10,13,16H2,1-3H3/t17?,19-/m0/s1. The summed E-state index contributed by atoms with van der Waals surface area (Å²) in [7, 11) is 3.46. The molecular formula is C26H28N2O5. The Bertz CT molecular complexity index is 1220. The summed E-state index contributed by atoms with van der Waals surface area (Å²) in [6.45, 7) is 2.70. The highest BCUT2D eigenvalue weighted by Crippen LogP contribution is 2.30. The Morgan fingerprint density at radius 3 is 2.61 bits per heavy atom. The molecule has 2 heterocycles. The summed E-state index contributed by atoms with van der Waals surface area (Å²) in [6, 6.07) is 16.3. The topological polar surface area (TPSA) is 80.1 Å². The first-order chi connectivity index (χ1) is 15.8. The first kappa shape index (κ1) is 22.6. The molecule has 0 N–H and O–H groups in total. The zero-order valence-corrected chi connectivity index (χ0v) is 19.1. The molecule has 1 saturated heterocycles. The number of ether oxygens (including phenoxy) is 1. The Kier molecular flexibility index (Phi) is 6.49. The maximum absolute atomic E-state index is 13.0. The fourth-order valence-corrected chi connectivity index (χ4v) is 4.33. The fourth-order valence-electron chi connectivity index (χ4n) is 4.33. The zero-order chi connectivity index (χ0) is 23.5. The number of hydrogen-bond acceptors (Lipinski definition) is 5. The van der Waals surface area contributed by atoms with Gasteiger partial charge in [-0.25, -0.2) is 4.79 Å². The van der Waals surface area contributed by atoms with Gasteiger partial charge >= 0.3 is 5.63 Å². The molecule has 0 bridgehead atoms. The summed E-state index contributed by atoms with van der Waals surface area (Å²) in [5.74, 6) is 0.136. The van der Waals surface area contributed by atoms with Gasteiger partial charge in [0.05, 0.1) is 5.92 Å². The molecule has 0 radical (unpaired) electrons. The first-order valence-electron chi connectivity index (χ1n) is 11.1. The second-order valence-electron chi connectivity index (χ2n) is 8.62. The van der Waals surface area contributed by atoms with Crippen molar-refractivity contribution in [2.45, 2.75) is 25.9 Å². The van der Waals surface area contributed by atoms with E-state index in [1.165, 1.54) is 6.07 Å². The SMILES string of the molecule is CC(Oc1ccc2c(-c3ccccc3)cc(=O)oc2c1)C(=O)N1CCC[C@H](C(=O)N(C)C)C1. The number of rotatable bonds is 5. The average Bonchev–Trinajstić information content (AvgIpc) is 2.82. The van der Waals surface area contributed by atoms with Crippen LogP contribution in [0, 0.1) is 5.92 Å². The lowest BCUT2D eigenvalue weighted by atomic mass is 9.96. The second-order valence-corrected chi connectivity index (χ2v) is 8.62. The van der Waals surface area contributed by atoms with Crippen molar-refractivity contribution >= 4 is 22.8 Å². The monoisotopic (exact) mass is 448 g/mol. The molecule has 0 spiro atoms. The second kappa shape index (κ2) is 9.48. The smallest absolute Gasteiger partial charge is 0.336 e. The molecule has 4 rings (SSSR count). The summed E-state index contributed by atoms with van der Waals surface area (Å²) in [4.78, 5) is 40.8. The van der Waals surface area contributed by atoms with Crippen molar-refractivity contribution < 1.29 is 18.7 Å². The number of likely N-dealkylation sites (tertiary alicyclic amines) is 1. The molecule has 1 aromatic heterocycles. The number of carbonyl (C=O) groups is 2. The van der Waals surface area contributed by atoms with Crippen LogP contribution in [0.2, 0.25) is 0 Å². The fraction of sp³-hybridized carbons (Fsp3) is 0.346. The van der Waals surface area contributed by atoms with Crippen LogP contribution in [-0.4, -0.2) is 54.9 Å². The van der Waals surface area contributed by atoms with Gasteiger partial charge in [0, 0.05) is 44.7 Å². The maximum Gasteiger partial charge on any atom is 0.336 e. The molecule has 1 unspecified atom stereocenters. The van der Waals surface area contributed by atoms with Crippen molar-refractivity contribution in [3.63, 3.8) is 0 Å². The molecule has 1 fully saturated rings. The molecule has 0 saturated carbocycles. The quantitative estimate of drug-likeness (QED) is 0.558. The number of fused-ring (bicyclic) bond motifs is 1. The van der Waals surface area contributed by atoms with Gasteiger partial charge in [-0.2, -0.15) is 0 Å². The van der Waals surface area contributed by atoms with Gasteiger partial charge in [0.1, 0.15) is 11.3 Å². The molecular weight excluding hydrogens is 420 g/mol. The van der Waals surface area contributed by atoms with Crippen LogP contribution in [0.3, 0.4) is 0 Å². The van der Waals surface area contributed by atoms with Crippen LogP contribution in [0.5, 0.6) is 5.75 Å². The number of hydrogen-bond donors (Lipinski definition) is 0. The minimum atomic E-state index is -0.736. The van der Waals surface area contributed by atoms with Crippen LogP contribution in [-0.2, 0) is 9.59 Å². The predicted molar refractivity (Wildman–Crippen MR) is 126 cm³/mol. The number of benzene rings is 2. The first-order valence-corrected chi connectivity index (χ1v) is 11.1. The number of nitrogens with zero attached hydrogens (tertiary/aromatic N) is 2. The van der Waals surface area contributed by atoms with Gasteiger partial charge in [0.15, 0.2) is 6.10 Å². The third-order valence-corrected chi connectivity index (χ3v) is 5.98. The van der Waals surface area contributed by atoms with E-state index in [0.717, 1.165) is 29.4 Å². The van der Waals surface area contributed by atoms with E-state index in [1.54, 1.807) is 43.0 Å². The molecule has 2 amide bonds. The van der Waals surface area contributed by atoms with Crippen LogP contribution in [0.4, 0.5) is 0 Å². The molecule has 172 valence electrons. The molecule has 33 heavy (non-hydrogen) atoms. The number of piperidine rings is 1. The Morgan fingerprint density at radius 1 is 1.12 bits per heavy atom. The van der Waals surface area contributed by atoms with E-state index in [1.807, 2.05) is 36.4 Å². The summed E-state index contributed by atoms with van der Waals surface area (Å²) >= 11 is 0. The highest BCUT2D eigenvalue weighted by molar-refractivity contribution is 5.93. The Morgan fingerprint density at radius 2 is 1.88 bits per heavy atom. The molecule has 3 aromatic rings. The zero-order valence-electron chi connectivity index (χ0n) is 19.1. The molecule has 1 aliphatic rings. The summed E-state index contributed by atoms with van der Waals surface area (Å²) in [5.41, 5.74) is 1.64. The molecule has 2 aromatic carbocycles. The van der Waals surface area contributed by atoms with Crippen LogP contribution in [0.1, 0.15) is 19.8 Å². The van der Waals surface area contributed by atoms with Gasteiger partial charge in [-0.15, -0.1) is 0 Å². The summed E-state index contributed by atoms with van der Waals surface area (Å²) in [5, 5.41) is 0.785. The van der Waals surface area contributed by atoms with Gasteiger partial charge in [0.25, 0.3) is 5.91 Å². The normalized spacial score (nSPS) is 16.9. The van der Waals surface area contributed by atoms with E-state index < -0.39 is 11.7 Å². The van der Waals surface area contributed by atoms with Crippen LogP contribution in [0.15, 0.2) is 63.8 Å². The van der Waals surface area contributed by atoms with E-state index in [0.29, 0.717) is 24.4 Å². The van der Waals surface area contributed by atoms with Crippen molar-refractivity contribution in [3.05, 3.63) is 65.0 Å². The summed E-state index contributed by atoms with van der Waals surface area (Å²) in [6.07, 6.45) is 0.829. The van der Waals surface area contributed by atoms with E-state index >= 15 is 0 Å². The lowest BCUT2D eigenvalue weighted by Crippen LogP contribution is -2.48. The maximum atomic E-state index is 13.0. The van der Waals surface area contributed by atoms with Gasteiger partial charge in [-0.1, -0.05) is 30.3 Å². The average molecular weight is 449 g/mol. The predicted octanol–water partition coefficient (Wildman–Crippen LogP) is 3.55. The Hall–Kier alpha value is -3.61. The van der Waals surface area contributed by atoms with Crippen LogP contribution < -0.4 is 10.4 Å². The number of amides is 2. The Labute approximate surface area is 192 Å². The summed E-state index contributed by atoms with van der Waals surface area (Å²) < 4.78 is 11.3. The van der Waals surface area contributed by atoms with Gasteiger partial charge in [0.2, 0.25) is 5.91 Å². The van der Waals surface area contributed by atoms with Crippen molar-refractivity contribution in [2.75, 3.05) is 27.2 Å². The minimum Gasteiger partial charge on any atom is -0.481 e. The number of carbonyl (C=O) groups excluding carboxylic acids is 2. The highest BCUT2D eigenvalue weighted by Gasteiger charge is 2.31. The van der Waals surface area contributed by atoms with Crippen molar-refractivity contribution in [3.8, 4) is 16.9 Å². The molecule has 0 aliphatic carbocycles. The third-order valence-electron chi connectivity index (χ3n) is 5.98. The van der Waals surface area contributed by atoms with Crippen LogP contribution in [0.25, 0.3) is 22.1 Å². The van der Waals surface area contributed by atoms with E-state index in [9.17, 15) is 14.4 Å². The molecule has 7 heteroatoms. The van der Waals surface area contributed by atoms with Gasteiger partial charge in [-0.3, -0.25) is 9.59 Å². The lowest BCUT2D eigenvalue weighted by Gasteiger charge is -2.34.